The highest BCUT2D eigenvalue weighted by molar-refractivity contribution is 7.98. The van der Waals surface area contributed by atoms with Crippen molar-refractivity contribution in [2.75, 3.05) is 28.7 Å². The predicted octanol–water partition coefficient (Wildman–Crippen LogP) is 3.23. The van der Waals surface area contributed by atoms with E-state index < -0.39 is 22.0 Å². The van der Waals surface area contributed by atoms with Crippen LogP contribution in [-0.2, 0) is 14.8 Å². The van der Waals surface area contributed by atoms with Crippen LogP contribution in [0.2, 0.25) is 5.02 Å². The van der Waals surface area contributed by atoms with Gasteiger partial charge in [0.05, 0.1) is 18.5 Å². The highest BCUT2D eigenvalue weighted by atomic mass is 35.5. The Labute approximate surface area is 161 Å². The van der Waals surface area contributed by atoms with Crippen molar-refractivity contribution in [3.63, 3.8) is 0 Å². The van der Waals surface area contributed by atoms with E-state index in [1.165, 1.54) is 6.07 Å². The topological polar surface area (TPSA) is 75.7 Å². The number of carbonyl (C=O) groups excluding carboxylic acids is 1. The molecule has 0 aromatic heterocycles. The zero-order chi connectivity index (χ0) is 18.9. The highest BCUT2D eigenvalue weighted by Gasteiger charge is 2.35. The summed E-state index contributed by atoms with van der Waals surface area (Å²) in [5.74, 6) is -0.124. The summed E-state index contributed by atoms with van der Waals surface area (Å²) < 4.78 is 31.2. The van der Waals surface area contributed by atoms with Gasteiger partial charge in [0.2, 0.25) is 10.0 Å². The molecule has 0 spiro atoms. The summed E-state index contributed by atoms with van der Waals surface area (Å²) >= 11 is 7.53. The first-order valence-corrected chi connectivity index (χ1v) is 11.1. The molecule has 9 heteroatoms. The van der Waals surface area contributed by atoms with E-state index >= 15 is 0 Å². The molecule has 0 saturated carbocycles. The summed E-state index contributed by atoms with van der Waals surface area (Å²) in [7, 11) is -3.59. The van der Waals surface area contributed by atoms with Crippen molar-refractivity contribution in [1.29, 1.82) is 0 Å². The lowest BCUT2D eigenvalue weighted by atomic mass is 10.2. The summed E-state index contributed by atoms with van der Waals surface area (Å²) in [4.78, 5) is 13.6. The average Bonchev–Trinajstić information content (AvgIpc) is 2.60. The van der Waals surface area contributed by atoms with Crippen LogP contribution in [0.5, 0.6) is 5.75 Å². The number of fused-ring (bicyclic) bond motifs is 1. The molecule has 138 valence electrons. The minimum Gasteiger partial charge on any atom is -0.476 e. The van der Waals surface area contributed by atoms with Crippen molar-refractivity contribution in [3.8, 4) is 5.75 Å². The zero-order valence-corrected chi connectivity index (χ0v) is 16.5. The normalized spacial score (nSPS) is 16.6. The van der Waals surface area contributed by atoms with Gasteiger partial charge in [-0.2, -0.15) is 0 Å². The maximum atomic E-state index is 12.6. The van der Waals surface area contributed by atoms with Crippen molar-refractivity contribution in [3.05, 3.63) is 47.5 Å². The molecule has 1 amide bonds. The Morgan fingerprint density at radius 3 is 2.77 bits per heavy atom. The van der Waals surface area contributed by atoms with E-state index in [0.717, 1.165) is 15.5 Å². The molecule has 1 aliphatic heterocycles. The molecule has 1 N–H and O–H groups in total. The minimum absolute atomic E-state index is 0.125. The number of hydrogen-bond acceptors (Lipinski definition) is 5. The minimum atomic E-state index is -3.59. The molecular formula is C17H17ClN2O4S2. The number of carbonyl (C=O) groups is 1. The fourth-order valence-electron chi connectivity index (χ4n) is 2.60. The van der Waals surface area contributed by atoms with Gasteiger partial charge < -0.3 is 10.1 Å². The van der Waals surface area contributed by atoms with Crippen LogP contribution in [0.25, 0.3) is 0 Å². The Morgan fingerprint density at radius 1 is 1.31 bits per heavy atom. The quantitative estimate of drug-likeness (QED) is 0.780. The number of thioether (sulfide) groups is 1. The van der Waals surface area contributed by atoms with E-state index in [1.54, 1.807) is 30.0 Å². The molecule has 2 aromatic rings. The van der Waals surface area contributed by atoms with Crippen LogP contribution in [0.15, 0.2) is 47.4 Å². The number of halogens is 1. The second kappa shape index (κ2) is 7.38. The Balaban J connectivity index is 1.87. The average molecular weight is 413 g/mol. The molecule has 1 unspecified atom stereocenters. The summed E-state index contributed by atoms with van der Waals surface area (Å²) in [5, 5.41) is 3.16. The van der Waals surface area contributed by atoms with E-state index in [9.17, 15) is 13.2 Å². The van der Waals surface area contributed by atoms with Gasteiger partial charge in [-0.25, -0.2) is 8.42 Å². The first kappa shape index (κ1) is 18.9. The predicted molar refractivity (Wildman–Crippen MR) is 105 cm³/mol. The third-order valence-electron chi connectivity index (χ3n) is 3.82. The highest BCUT2D eigenvalue weighted by Crippen LogP contribution is 2.37. The van der Waals surface area contributed by atoms with Crippen LogP contribution in [-0.4, -0.2) is 39.5 Å². The molecule has 0 fully saturated rings. The third-order valence-corrected chi connectivity index (χ3v) is 5.93. The smallest absolute Gasteiger partial charge is 0.267 e. The third kappa shape index (κ3) is 4.08. The van der Waals surface area contributed by atoms with E-state index in [2.05, 4.69) is 5.32 Å². The Hall–Kier alpha value is -1.90. The van der Waals surface area contributed by atoms with Gasteiger partial charge in [0.15, 0.2) is 6.10 Å². The van der Waals surface area contributed by atoms with Gasteiger partial charge in [-0.1, -0.05) is 17.7 Å². The fourth-order valence-corrected chi connectivity index (χ4v) is 4.13. The number of amides is 1. The van der Waals surface area contributed by atoms with Gasteiger partial charge in [-0.3, -0.25) is 9.10 Å². The van der Waals surface area contributed by atoms with Gasteiger partial charge in [0, 0.05) is 15.6 Å². The number of hydrogen-bond donors (Lipinski definition) is 1. The monoisotopic (exact) mass is 412 g/mol. The van der Waals surface area contributed by atoms with Crippen molar-refractivity contribution in [1.82, 2.24) is 0 Å². The van der Waals surface area contributed by atoms with E-state index in [1.807, 2.05) is 24.5 Å². The van der Waals surface area contributed by atoms with E-state index in [0.29, 0.717) is 22.1 Å². The van der Waals surface area contributed by atoms with Crippen molar-refractivity contribution >= 4 is 50.7 Å². The van der Waals surface area contributed by atoms with Crippen molar-refractivity contribution in [2.24, 2.45) is 0 Å². The largest absolute Gasteiger partial charge is 0.476 e. The molecule has 2 aromatic carbocycles. The van der Waals surface area contributed by atoms with Crippen LogP contribution >= 0.6 is 23.4 Å². The van der Waals surface area contributed by atoms with Gasteiger partial charge in [-0.15, -0.1) is 11.8 Å². The standard InChI is InChI=1S/C17H17ClN2O4S2/c1-25-13-5-3-4-12(9-13)19-17(21)16-10-20(26(2,22)23)14-8-11(18)6-7-15(14)24-16/h3-9,16H,10H2,1-2H3,(H,19,21). The number of rotatable bonds is 4. The van der Waals surface area contributed by atoms with Gasteiger partial charge in [0.1, 0.15) is 5.75 Å². The van der Waals surface area contributed by atoms with Crippen LogP contribution in [0.4, 0.5) is 11.4 Å². The Morgan fingerprint density at radius 2 is 2.08 bits per heavy atom. The number of anilines is 2. The first-order chi connectivity index (χ1) is 12.3. The molecule has 0 bridgehead atoms. The zero-order valence-electron chi connectivity index (χ0n) is 14.1. The molecule has 0 radical (unpaired) electrons. The van der Waals surface area contributed by atoms with Crippen LogP contribution in [0.3, 0.4) is 0 Å². The summed E-state index contributed by atoms with van der Waals surface area (Å²) in [6.07, 6.45) is 2.05. The first-order valence-electron chi connectivity index (χ1n) is 7.67. The van der Waals surface area contributed by atoms with E-state index in [4.69, 9.17) is 16.3 Å². The lowest BCUT2D eigenvalue weighted by Gasteiger charge is -2.34. The molecule has 1 atom stereocenters. The van der Waals surface area contributed by atoms with E-state index in [-0.39, 0.29) is 6.54 Å². The lowest BCUT2D eigenvalue weighted by Crippen LogP contribution is -2.48. The number of ether oxygens (including phenoxy) is 1. The molecule has 6 nitrogen and oxygen atoms in total. The molecule has 3 rings (SSSR count). The summed E-state index contributed by atoms with van der Waals surface area (Å²) in [6, 6.07) is 12.0. The van der Waals surface area contributed by atoms with Gasteiger partial charge in [0.25, 0.3) is 5.91 Å². The number of benzene rings is 2. The lowest BCUT2D eigenvalue weighted by molar-refractivity contribution is -0.122. The summed E-state index contributed by atoms with van der Waals surface area (Å²) in [5.41, 5.74) is 0.951. The van der Waals surface area contributed by atoms with Crippen molar-refractivity contribution in [2.45, 2.75) is 11.0 Å². The maximum absolute atomic E-state index is 12.6. The van der Waals surface area contributed by atoms with Crippen LogP contribution in [0.1, 0.15) is 0 Å². The van der Waals surface area contributed by atoms with Crippen molar-refractivity contribution < 1.29 is 17.9 Å². The second-order valence-corrected chi connectivity index (χ2v) is 8.96. The molecule has 26 heavy (non-hydrogen) atoms. The number of nitrogens with one attached hydrogen (secondary N) is 1. The molecule has 0 aliphatic carbocycles. The SMILES string of the molecule is CSc1cccc(NC(=O)C2CN(S(C)(=O)=O)c3cc(Cl)ccc3O2)c1. The summed E-state index contributed by atoms with van der Waals surface area (Å²) in [6.45, 7) is -0.125. The molecular weight excluding hydrogens is 396 g/mol. The van der Waals surface area contributed by atoms with Crippen LogP contribution in [0, 0.1) is 0 Å². The van der Waals surface area contributed by atoms with Crippen LogP contribution < -0.4 is 14.4 Å². The molecule has 1 aliphatic rings. The maximum Gasteiger partial charge on any atom is 0.267 e. The second-order valence-electron chi connectivity index (χ2n) is 5.73. The number of nitrogens with zero attached hydrogens (tertiary/aromatic N) is 1. The Kier molecular flexibility index (Phi) is 5.36. The molecule has 1 heterocycles. The van der Waals surface area contributed by atoms with Gasteiger partial charge in [-0.05, 0) is 42.7 Å². The number of sulfonamides is 1. The fraction of sp³-hybridized carbons (Fsp3) is 0.235. The molecule has 0 saturated heterocycles. The van der Waals surface area contributed by atoms with Gasteiger partial charge >= 0.3 is 0 Å². The Bertz CT molecular complexity index is 950.